The molecule has 0 unspecified atom stereocenters. The highest BCUT2D eigenvalue weighted by Crippen LogP contribution is 2.24. The molecule has 0 aliphatic heterocycles. The molecule has 4 aromatic rings. The summed E-state index contributed by atoms with van der Waals surface area (Å²) in [7, 11) is 3.89. The maximum atomic E-state index is 4.60. The van der Waals surface area contributed by atoms with Gasteiger partial charge in [-0.15, -0.1) is 10.2 Å². The molecule has 3 heterocycles. The number of aromatic amines is 1. The van der Waals surface area contributed by atoms with Gasteiger partial charge in [-0.05, 0) is 23.8 Å². The number of anilines is 1. The molecule has 25 heavy (non-hydrogen) atoms. The van der Waals surface area contributed by atoms with E-state index in [9.17, 15) is 0 Å². The second-order valence-corrected chi connectivity index (χ2v) is 5.89. The Labute approximate surface area is 143 Å². The van der Waals surface area contributed by atoms with E-state index in [-0.39, 0.29) is 0 Å². The van der Waals surface area contributed by atoms with Crippen LogP contribution < -0.4 is 4.90 Å². The molecule has 0 fully saturated rings. The van der Waals surface area contributed by atoms with Gasteiger partial charge in [0.1, 0.15) is 11.6 Å². The lowest BCUT2D eigenvalue weighted by molar-refractivity contribution is 0.782. The molecule has 126 valence electrons. The van der Waals surface area contributed by atoms with Crippen LogP contribution in [0.2, 0.25) is 0 Å². The molecule has 0 saturated heterocycles. The Bertz CT molecular complexity index is 1020. The zero-order valence-corrected chi connectivity index (χ0v) is 14.2. The van der Waals surface area contributed by atoms with Gasteiger partial charge in [0.2, 0.25) is 5.82 Å². The van der Waals surface area contributed by atoms with Crippen LogP contribution in [0.3, 0.4) is 0 Å². The largest absolute Gasteiger partial charge is 0.355 e. The van der Waals surface area contributed by atoms with Crippen LogP contribution in [-0.2, 0) is 13.6 Å². The number of hydrogen-bond acceptors (Lipinski definition) is 7. The quantitative estimate of drug-likeness (QED) is 0.603. The van der Waals surface area contributed by atoms with Gasteiger partial charge in [-0.3, -0.25) is 4.68 Å². The molecule has 0 amide bonds. The molecule has 0 saturated carbocycles. The molecular weight excluding hydrogens is 318 g/mol. The van der Waals surface area contributed by atoms with Crippen LogP contribution in [0.15, 0.2) is 30.5 Å². The Morgan fingerprint density at radius 2 is 2.12 bits per heavy atom. The minimum Gasteiger partial charge on any atom is -0.355 e. The Balaban J connectivity index is 1.67. The van der Waals surface area contributed by atoms with Gasteiger partial charge in [0.15, 0.2) is 5.65 Å². The van der Waals surface area contributed by atoms with Crippen molar-refractivity contribution in [2.24, 2.45) is 7.05 Å². The van der Waals surface area contributed by atoms with Crippen LogP contribution in [0.1, 0.15) is 11.4 Å². The number of rotatable bonds is 4. The number of aromatic nitrogens is 8. The maximum absolute atomic E-state index is 4.60. The second kappa shape index (κ2) is 5.93. The Morgan fingerprint density at radius 3 is 2.92 bits per heavy atom. The number of nitrogens with zero attached hydrogens (tertiary/aromatic N) is 8. The lowest BCUT2D eigenvalue weighted by Crippen LogP contribution is -2.18. The summed E-state index contributed by atoms with van der Waals surface area (Å²) in [6.45, 7) is 2.58. The van der Waals surface area contributed by atoms with Gasteiger partial charge in [-0.2, -0.15) is 10.3 Å². The van der Waals surface area contributed by atoms with Gasteiger partial charge >= 0.3 is 0 Å². The summed E-state index contributed by atoms with van der Waals surface area (Å²) in [5.74, 6) is 2.16. The molecule has 0 atom stereocenters. The van der Waals surface area contributed by atoms with E-state index in [1.54, 1.807) is 10.9 Å². The van der Waals surface area contributed by atoms with Crippen molar-refractivity contribution in [2.45, 2.75) is 13.5 Å². The topological polar surface area (TPSA) is 101 Å². The van der Waals surface area contributed by atoms with E-state index < -0.39 is 0 Å². The molecular formula is C16H17N9. The van der Waals surface area contributed by atoms with Gasteiger partial charge in [0.25, 0.3) is 0 Å². The lowest BCUT2D eigenvalue weighted by atomic mass is 10.1. The fraction of sp³-hybridized carbons (Fsp3) is 0.250. The second-order valence-electron chi connectivity index (χ2n) is 5.89. The van der Waals surface area contributed by atoms with Crippen molar-refractivity contribution in [3.8, 4) is 11.4 Å². The van der Waals surface area contributed by atoms with E-state index >= 15 is 0 Å². The number of H-pyrrole nitrogens is 1. The first-order valence-electron chi connectivity index (χ1n) is 7.82. The third-order valence-electron chi connectivity index (χ3n) is 4.00. The minimum atomic E-state index is 0.581. The SMILES string of the molecule is Cc1nc(N(C)Cc2cccc(-c3nn[nH]n3)c2)c2cnn(C)c2n1. The third kappa shape index (κ3) is 2.80. The fourth-order valence-corrected chi connectivity index (χ4v) is 2.85. The van der Waals surface area contributed by atoms with Crippen LogP contribution in [0.5, 0.6) is 0 Å². The third-order valence-corrected chi connectivity index (χ3v) is 4.00. The van der Waals surface area contributed by atoms with Crippen molar-refractivity contribution < 1.29 is 0 Å². The highest BCUT2D eigenvalue weighted by atomic mass is 15.5. The maximum Gasteiger partial charge on any atom is 0.204 e. The number of aryl methyl sites for hydroxylation is 2. The monoisotopic (exact) mass is 335 g/mol. The molecule has 0 aliphatic rings. The van der Waals surface area contributed by atoms with E-state index in [2.05, 4.69) is 52.7 Å². The Hall–Kier alpha value is -3.36. The summed E-state index contributed by atoms with van der Waals surface area (Å²) in [6, 6.07) is 8.06. The average Bonchev–Trinajstić information content (AvgIpc) is 3.25. The predicted molar refractivity (Wildman–Crippen MR) is 92.8 cm³/mol. The molecule has 1 N–H and O–H groups in total. The van der Waals surface area contributed by atoms with Crippen molar-refractivity contribution in [3.63, 3.8) is 0 Å². The van der Waals surface area contributed by atoms with E-state index in [1.165, 1.54) is 0 Å². The minimum absolute atomic E-state index is 0.581. The first kappa shape index (κ1) is 15.2. The van der Waals surface area contributed by atoms with Crippen molar-refractivity contribution >= 4 is 16.9 Å². The van der Waals surface area contributed by atoms with Crippen LogP contribution in [0.4, 0.5) is 5.82 Å². The first-order valence-corrected chi connectivity index (χ1v) is 7.82. The van der Waals surface area contributed by atoms with Crippen LogP contribution in [-0.4, -0.2) is 47.4 Å². The normalized spacial score (nSPS) is 11.2. The molecule has 9 heteroatoms. The predicted octanol–water partition coefficient (Wildman–Crippen LogP) is 1.49. The van der Waals surface area contributed by atoms with E-state index in [1.807, 2.05) is 33.2 Å². The smallest absolute Gasteiger partial charge is 0.204 e. The zero-order valence-electron chi connectivity index (χ0n) is 14.2. The van der Waals surface area contributed by atoms with Crippen molar-refractivity contribution in [1.82, 2.24) is 40.4 Å². The summed E-state index contributed by atoms with van der Waals surface area (Å²) in [5, 5.41) is 19.4. The molecule has 9 nitrogen and oxygen atoms in total. The number of benzene rings is 1. The molecule has 4 rings (SSSR count). The number of tetrazole rings is 1. The van der Waals surface area contributed by atoms with Gasteiger partial charge in [-0.25, -0.2) is 9.97 Å². The summed E-state index contributed by atoms with van der Waals surface area (Å²) in [4.78, 5) is 11.2. The van der Waals surface area contributed by atoms with Gasteiger partial charge < -0.3 is 4.90 Å². The molecule has 0 aliphatic carbocycles. The number of hydrogen-bond donors (Lipinski definition) is 1. The Kier molecular flexibility index (Phi) is 3.60. The number of fused-ring (bicyclic) bond motifs is 1. The average molecular weight is 335 g/mol. The van der Waals surface area contributed by atoms with Crippen LogP contribution >= 0.6 is 0 Å². The summed E-state index contributed by atoms with van der Waals surface area (Å²) in [6.07, 6.45) is 1.80. The molecule has 3 aromatic heterocycles. The van der Waals surface area contributed by atoms with Gasteiger partial charge in [-0.1, -0.05) is 18.2 Å². The molecule has 0 radical (unpaired) electrons. The zero-order chi connectivity index (χ0) is 17.4. The molecule has 0 spiro atoms. The number of nitrogens with one attached hydrogen (secondary N) is 1. The summed E-state index contributed by atoms with van der Waals surface area (Å²) in [5.41, 5.74) is 2.87. The lowest BCUT2D eigenvalue weighted by Gasteiger charge is -2.19. The van der Waals surface area contributed by atoms with E-state index in [4.69, 9.17) is 0 Å². The highest BCUT2D eigenvalue weighted by molar-refractivity contribution is 5.86. The standard InChI is InChI=1S/C16H17N9/c1-10-18-15(13-8-17-25(3)16(13)19-10)24(2)9-11-5-4-6-12(7-11)14-20-22-23-21-14/h4-8H,9H2,1-3H3,(H,20,21,22,23). The van der Waals surface area contributed by atoms with E-state index in [0.717, 1.165) is 33.8 Å². The first-order chi connectivity index (χ1) is 12.1. The molecule has 1 aromatic carbocycles. The van der Waals surface area contributed by atoms with Crippen LogP contribution in [0, 0.1) is 6.92 Å². The Morgan fingerprint density at radius 1 is 1.24 bits per heavy atom. The molecule has 0 bridgehead atoms. The van der Waals surface area contributed by atoms with Crippen molar-refractivity contribution in [1.29, 1.82) is 0 Å². The van der Waals surface area contributed by atoms with Gasteiger partial charge in [0.05, 0.1) is 11.6 Å². The van der Waals surface area contributed by atoms with Crippen LogP contribution in [0.25, 0.3) is 22.4 Å². The summed E-state index contributed by atoms with van der Waals surface area (Å²) >= 11 is 0. The van der Waals surface area contributed by atoms with Crippen molar-refractivity contribution in [2.75, 3.05) is 11.9 Å². The van der Waals surface area contributed by atoms with E-state index in [0.29, 0.717) is 12.4 Å². The fourth-order valence-electron chi connectivity index (χ4n) is 2.85. The summed E-state index contributed by atoms with van der Waals surface area (Å²) < 4.78 is 1.76. The van der Waals surface area contributed by atoms with Crippen molar-refractivity contribution in [3.05, 3.63) is 41.9 Å². The van der Waals surface area contributed by atoms with Gasteiger partial charge in [0, 0.05) is 26.2 Å². The highest BCUT2D eigenvalue weighted by Gasteiger charge is 2.14.